The van der Waals surface area contributed by atoms with Gasteiger partial charge < -0.3 is 0 Å². The maximum atomic E-state index is 12.2. The summed E-state index contributed by atoms with van der Waals surface area (Å²) >= 11 is 4.93. The van der Waals surface area contributed by atoms with Crippen LogP contribution in [0.2, 0.25) is 0 Å². The number of hydrogen-bond donors (Lipinski definition) is 0. The standard InChI is InChI=1S/C15H12BrNO2S2/c16-14-3-1-2-4-15(14)20-9-10-21(18,19)13-7-5-12(11-17)6-8-13/h1-8H,9-10H2. The molecule has 0 aliphatic heterocycles. The molecule has 2 aromatic carbocycles. The third-order valence-electron chi connectivity index (χ3n) is 2.79. The molecule has 0 fully saturated rings. The molecule has 0 heterocycles. The fraction of sp³-hybridized carbons (Fsp3) is 0.133. The molecule has 0 atom stereocenters. The summed E-state index contributed by atoms with van der Waals surface area (Å²) < 4.78 is 25.4. The van der Waals surface area contributed by atoms with Crippen LogP contribution in [0.3, 0.4) is 0 Å². The van der Waals surface area contributed by atoms with E-state index >= 15 is 0 Å². The topological polar surface area (TPSA) is 57.9 Å². The van der Waals surface area contributed by atoms with Crippen LogP contribution in [-0.4, -0.2) is 19.9 Å². The van der Waals surface area contributed by atoms with Crippen molar-refractivity contribution in [1.29, 1.82) is 5.26 Å². The van der Waals surface area contributed by atoms with E-state index in [0.29, 0.717) is 11.3 Å². The minimum Gasteiger partial charge on any atom is -0.224 e. The van der Waals surface area contributed by atoms with Crippen molar-refractivity contribution < 1.29 is 8.42 Å². The molecule has 0 unspecified atom stereocenters. The van der Waals surface area contributed by atoms with Gasteiger partial charge in [-0.15, -0.1) is 11.8 Å². The van der Waals surface area contributed by atoms with Crippen molar-refractivity contribution in [3.63, 3.8) is 0 Å². The molecule has 0 saturated carbocycles. The molecule has 0 saturated heterocycles. The van der Waals surface area contributed by atoms with Crippen molar-refractivity contribution in [2.75, 3.05) is 11.5 Å². The lowest BCUT2D eigenvalue weighted by Gasteiger charge is -2.06. The summed E-state index contributed by atoms with van der Waals surface area (Å²) in [6.07, 6.45) is 0. The lowest BCUT2D eigenvalue weighted by atomic mass is 10.2. The monoisotopic (exact) mass is 381 g/mol. The molecular formula is C15H12BrNO2S2. The third-order valence-corrected chi connectivity index (χ3v) is 6.81. The second kappa shape index (κ2) is 7.12. The zero-order valence-corrected chi connectivity index (χ0v) is 14.2. The van der Waals surface area contributed by atoms with E-state index in [-0.39, 0.29) is 10.6 Å². The van der Waals surface area contributed by atoms with Crippen LogP contribution in [0.15, 0.2) is 62.8 Å². The molecule has 6 heteroatoms. The molecule has 0 radical (unpaired) electrons. The molecule has 3 nitrogen and oxygen atoms in total. The number of halogens is 1. The third kappa shape index (κ3) is 4.34. The van der Waals surface area contributed by atoms with E-state index in [1.54, 1.807) is 0 Å². The van der Waals surface area contributed by atoms with Crippen molar-refractivity contribution in [3.05, 3.63) is 58.6 Å². The van der Waals surface area contributed by atoms with Gasteiger partial charge in [-0.25, -0.2) is 8.42 Å². The quantitative estimate of drug-likeness (QED) is 0.737. The lowest BCUT2D eigenvalue weighted by molar-refractivity contribution is 0.597. The van der Waals surface area contributed by atoms with Crippen LogP contribution in [0.25, 0.3) is 0 Å². The van der Waals surface area contributed by atoms with Gasteiger partial charge >= 0.3 is 0 Å². The van der Waals surface area contributed by atoms with Crippen LogP contribution in [0, 0.1) is 11.3 Å². The summed E-state index contributed by atoms with van der Waals surface area (Å²) in [5.74, 6) is 0.538. The molecule has 2 rings (SSSR count). The minimum absolute atomic E-state index is 0.0604. The number of nitrogens with zero attached hydrogens (tertiary/aromatic N) is 1. The maximum Gasteiger partial charge on any atom is 0.179 e. The largest absolute Gasteiger partial charge is 0.224 e. The molecular weight excluding hydrogens is 370 g/mol. The zero-order chi connectivity index (χ0) is 15.3. The maximum absolute atomic E-state index is 12.2. The van der Waals surface area contributed by atoms with Crippen molar-refractivity contribution in [2.24, 2.45) is 0 Å². The number of nitriles is 1. The summed E-state index contributed by atoms with van der Waals surface area (Å²) in [5.41, 5.74) is 0.455. The molecule has 108 valence electrons. The minimum atomic E-state index is -3.31. The van der Waals surface area contributed by atoms with E-state index in [2.05, 4.69) is 15.9 Å². The first-order valence-corrected chi connectivity index (χ1v) is 9.56. The van der Waals surface area contributed by atoms with Crippen LogP contribution in [0.1, 0.15) is 5.56 Å². The Morgan fingerprint density at radius 1 is 1.10 bits per heavy atom. The highest BCUT2D eigenvalue weighted by Gasteiger charge is 2.14. The summed E-state index contributed by atoms with van der Waals surface area (Å²) in [7, 11) is -3.31. The van der Waals surface area contributed by atoms with Gasteiger partial charge in [0.2, 0.25) is 0 Å². The second-order valence-corrected chi connectivity index (χ2v) is 8.33. The van der Waals surface area contributed by atoms with Gasteiger partial charge in [0.25, 0.3) is 0 Å². The average molecular weight is 382 g/mol. The van der Waals surface area contributed by atoms with Gasteiger partial charge in [0.1, 0.15) is 0 Å². The lowest BCUT2D eigenvalue weighted by Crippen LogP contribution is -2.08. The Bertz CT molecular complexity index is 765. The highest BCUT2D eigenvalue weighted by molar-refractivity contribution is 9.10. The first-order valence-electron chi connectivity index (χ1n) is 6.13. The zero-order valence-electron chi connectivity index (χ0n) is 11.0. The summed E-state index contributed by atoms with van der Waals surface area (Å²) in [5, 5.41) is 8.72. The summed E-state index contributed by atoms with van der Waals surface area (Å²) in [6, 6.07) is 15.7. The molecule has 0 bridgehead atoms. The van der Waals surface area contributed by atoms with Gasteiger partial charge in [-0.2, -0.15) is 5.26 Å². The highest BCUT2D eigenvalue weighted by atomic mass is 79.9. The smallest absolute Gasteiger partial charge is 0.179 e. The SMILES string of the molecule is N#Cc1ccc(S(=O)(=O)CCSc2ccccc2Br)cc1. The first kappa shape index (κ1) is 16.1. The van der Waals surface area contributed by atoms with E-state index < -0.39 is 9.84 Å². The fourth-order valence-corrected chi connectivity index (χ4v) is 4.90. The molecule has 0 amide bonds. The number of sulfone groups is 1. The summed E-state index contributed by atoms with van der Waals surface area (Å²) in [4.78, 5) is 1.28. The Morgan fingerprint density at radius 2 is 1.76 bits per heavy atom. The number of hydrogen-bond acceptors (Lipinski definition) is 4. The van der Waals surface area contributed by atoms with E-state index in [9.17, 15) is 8.42 Å². The first-order chi connectivity index (χ1) is 10.0. The Morgan fingerprint density at radius 3 is 2.38 bits per heavy atom. The Kier molecular flexibility index (Phi) is 5.45. The van der Waals surface area contributed by atoms with Crippen molar-refractivity contribution in [3.8, 4) is 6.07 Å². The molecule has 2 aromatic rings. The van der Waals surface area contributed by atoms with Gasteiger partial charge in [-0.1, -0.05) is 12.1 Å². The van der Waals surface area contributed by atoms with Gasteiger partial charge in [-0.3, -0.25) is 0 Å². The van der Waals surface area contributed by atoms with Crippen molar-refractivity contribution in [1.82, 2.24) is 0 Å². The molecule has 0 N–H and O–H groups in total. The van der Waals surface area contributed by atoms with Crippen molar-refractivity contribution in [2.45, 2.75) is 9.79 Å². The number of thioether (sulfide) groups is 1. The Hall–Kier alpha value is -1.29. The molecule has 0 aromatic heterocycles. The highest BCUT2D eigenvalue weighted by Crippen LogP contribution is 2.27. The van der Waals surface area contributed by atoms with Gasteiger partial charge in [0, 0.05) is 15.1 Å². The average Bonchev–Trinajstić information content (AvgIpc) is 2.49. The van der Waals surface area contributed by atoms with Crippen LogP contribution in [0.5, 0.6) is 0 Å². The predicted octanol–water partition coefficient (Wildman–Crippen LogP) is 3.89. The van der Waals surface area contributed by atoms with Crippen LogP contribution >= 0.6 is 27.7 Å². The van der Waals surface area contributed by atoms with E-state index in [1.165, 1.54) is 36.0 Å². The van der Waals surface area contributed by atoms with Crippen molar-refractivity contribution >= 4 is 37.5 Å². The molecule has 21 heavy (non-hydrogen) atoms. The molecule has 0 aliphatic rings. The number of rotatable bonds is 5. The van der Waals surface area contributed by atoms with Gasteiger partial charge in [-0.05, 0) is 52.3 Å². The molecule has 0 spiro atoms. The second-order valence-electron chi connectivity index (χ2n) is 4.23. The number of benzene rings is 2. The van der Waals surface area contributed by atoms with Crippen LogP contribution in [0.4, 0.5) is 0 Å². The van der Waals surface area contributed by atoms with Gasteiger partial charge in [0.15, 0.2) is 9.84 Å². The Labute approximate surface area is 137 Å². The van der Waals surface area contributed by atoms with Crippen LogP contribution in [-0.2, 0) is 9.84 Å². The van der Waals surface area contributed by atoms with E-state index in [0.717, 1.165) is 9.37 Å². The Balaban J connectivity index is 2.01. The van der Waals surface area contributed by atoms with Gasteiger partial charge in [0.05, 0.1) is 22.3 Å². The van der Waals surface area contributed by atoms with E-state index in [4.69, 9.17) is 5.26 Å². The summed E-state index contributed by atoms with van der Waals surface area (Å²) in [6.45, 7) is 0. The van der Waals surface area contributed by atoms with E-state index in [1.807, 2.05) is 30.3 Å². The fourth-order valence-electron chi connectivity index (χ4n) is 1.68. The van der Waals surface area contributed by atoms with Crippen LogP contribution < -0.4 is 0 Å². The molecule has 0 aliphatic carbocycles. The normalized spacial score (nSPS) is 11.0. The predicted molar refractivity (Wildman–Crippen MR) is 88.1 cm³/mol.